The Bertz CT molecular complexity index is 78.9. The molecule has 0 fully saturated rings. The third-order valence-electron chi connectivity index (χ3n) is 2.12. The highest BCUT2D eigenvalue weighted by Gasteiger charge is 2.01. The molecule has 11 heavy (non-hydrogen) atoms. The first-order chi connectivity index (χ1) is 5.16. The summed E-state index contributed by atoms with van der Waals surface area (Å²) < 4.78 is 0. The van der Waals surface area contributed by atoms with Gasteiger partial charge in [0.05, 0.1) is 0 Å². The number of rotatable bonds is 6. The average Bonchev–Trinajstić information content (AvgIpc) is 1.87. The highest BCUT2D eigenvalue weighted by Crippen LogP contribution is 2.14. The van der Waals surface area contributed by atoms with Crippen LogP contribution in [0.25, 0.3) is 0 Å². The van der Waals surface area contributed by atoms with E-state index in [0.717, 1.165) is 18.3 Å². The van der Waals surface area contributed by atoms with E-state index in [0.29, 0.717) is 6.54 Å². The molecule has 0 aliphatic rings. The second-order valence-electron chi connectivity index (χ2n) is 3.97. The van der Waals surface area contributed by atoms with Crippen LogP contribution in [0.3, 0.4) is 0 Å². The summed E-state index contributed by atoms with van der Waals surface area (Å²) in [7, 11) is 0. The summed E-state index contributed by atoms with van der Waals surface area (Å²) in [6.07, 6.45) is 5.09. The Morgan fingerprint density at radius 1 is 1.00 bits per heavy atom. The largest absolute Gasteiger partial charge is 0.258 e. The van der Waals surface area contributed by atoms with Crippen molar-refractivity contribution in [3.8, 4) is 0 Å². The summed E-state index contributed by atoms with van der Waals surface area (Å²) in [6.45, 7) is 7.40. The Hall–Kier alpha value is -0.0400. The second-order valence-corrected chi connectivity index (χ2v) is 3.97. The number of nitrogens with one attached hydrogen (secondary N) is 1. The maximum absolute atomic E-state index is 7.05. The van der Waals surface area contributed by atoms with E-state index in [1.807, 2.05) is 0 Å². The van der Waals surface area contributed by atoms with Crippen LogP contribution in [0.1, 0.15) is 46.5 Å². The number of hydrogen-bond acceptors (Lipinski definition) is 0. The predicted octanol–water partition coefficient (Wildman–Crippen LogP) is 3.12. The fraction of sp³-hybridized carbons (Fsp3) is 1.00. The van der Waals surface area contributed by atoms with Gasteiger partial charge in [-0.05, 0) is 18.3 Å². The maximum Gasteiger partial charge on any atom is 0.0102 e. The van der Waals surface area contributed by atoms with Crippen molar-refractivity contribution in [2.75, 3.05) is 6.54 Å². The molecular weight excluding hydrogens is 134 g/mol. The average molecular weight is 156 g/mol. The highest BCUT2D eigenvalue weighted by molar-refractivity contribution is 4.55. The lowest BCUT2D eigenvalue weighted by molar-refractivity contribution is 0.439. The zero-order valence-electron chi connectivity index (χ0n) is 8.19. The summed E-state index contributed by atoms with van der Waals surface area (Å²) in [5, 5.41) is 0. The smallest absolute Gasteiger partial charge is 0.0102 e. The van der Waals surface area contributed by atoms with Crippen LogP contribution in [0.2, 0.25) is 0 Å². The lowest BCUT2D eigenvalue weighted by atomic mass is 9.97. The van der Waals surface area contributed by atoms with Gasteiger partial charge in [0.2, 0.25) is 0 Å². The van der Waals surface area contributed by atoms with Crippen molar-refractivity contribution >= 4 is 0 Å². The molecule has 67 valence electrons. The molecule has 1 radical (unpaired) electrons. The van der Waals surface area contributed by atoms with Crippen molar-refractivity contribution in [1.82, 2.24) is 5.73 Å². The van der Waals surface area contributed by atoms with Gasteiger partial charge in [0.1, 0.15) is 0 Å². The van der Waals surface area contributed by atoms with Gasteiger partial charge in [0.25, 0.3) is 0 Å². The summed E-state index contributed by atoms with van der Waals surface area (Å²) >= 11 is 0. The highest BCUT2D eigenvalue weighted by atomic mass is 14.5. The normalized spacial score (nSPS) is 13.9. The van der Waals surface area contributed by atoms with Crippen molar-refractivity contribution < 1.29 is 0 Å². The topological polar surface area (TPSA) is 23.8 Å². The molecular formula is C10H22N. The zero-order chi connectivity index (χ0) is 8.69. The zero-order valence-corrected chi connectivity index (χ0v) is 8.19. The third kappa shape index (κ3) is 7.86. The van der Waals surface area contributed by atoms with Gasteiger partial charge < -0.3 is 0 Å². The van der Waals surface area contributed by atoms with Crippen LogP contribution in [0.15, 0.2) is 0 Å². The van der Waals surface area contributed by atoms with Gasteiger partial charge in [-0.25, -0.2) is 0 Å². The van der Waals surface area contributed by atoms with E-state index < -0.39 is 0 Å². The molecule has 0 aromatic heterocycles. The van der Waals surface area contributed by atoms with E-state index >= 15 is 0 Å². The van der Waals surface area contributed by atoms with Gasteiger partial charge in [-0.3, -0.25) is 5.73 Å². The monoisotopic (exact) mass is 156 g/mol. The first kappa shape index (κ1) is 11.0. The minimum atomic E-state index is 0.600. The Balaban J connectivity index is 3.10. The minimum absolute atomic E-state index is 0.600. The molecule has 0 saturated heterocycles. The van der Waals surface area contributed by atoms with Gasteiger partial charge >= 0.3 is 0 Å². The molecule has 0 saturated carbocycles. The molecule has 0 aromatic carbocycles. The Morgan fingerprint density at radius 2 is 1.64 bits per heavy atom. The lowest BCUT2D eigenvalue weighted by Gasteiger charge is -2.09. The van der Waals surface area contributed by atoms with Crippen LogP contribution in [-0.4, -0.2) is 6.54 Å². The maximum atomic E-state index is 7.05. The van der Waals surface area contributed by atoms with Gasteiger partial charge in [-0.15, -0.1) is 0 Å². The van der Waals surface area contributed by atoms with Crippen molar-refractivity contribution in [3.05, 3.63) is 0 Å². The van der Waals surface area contributed by atoms with Gasteiger partial charge in [0.15, 0.2) is 0 Å². The molecule has 1 nitrogen and oxygen atoms in total. The second kappa shape index (κ2) is 6.66. The van der Waals surface area contributed by atoms with Crippen molar-refractivity contribution in [1.29, 1.82) is 0 Å². The van der Waals surface area contributed by atoms with E-state index in [4.69, 9.17) is 5.73 Å². The van der Waals surface area contributed by atoms with Crippen molar-refractivity contribution in [2.24, 2.45) is 11.8 Å². The van der Waals surface area contributed by atoms with Gasteiger partial charge in [-0.1, -0.05) is 40.0 Å². The molecule has 1 N–H and O–H groups in total. The first-order valence-electron chi connectivity index (χ1n) is 4.81. The summed E-state index contributed by atoms with van der Waals surface area (Å²) in [4.78, 5) is 0. The molecule has 0 aliphatic heterocycles. The molecule has 0 bridgehead atoms. The standard InChI is InChI=1S/C10H22N/c1-9(2)5-4-6-10(3)7-8-11/h9-11H,4-8H2,1-3H3. The van der Waals surface area contributed by atoms with Crippen LogP contribution in [0, 0.1) is 11.8 Å². The fourth-order valence-electron chi connectivity index (χ4n) is 1.27. The first-order valence-corrected chi connectivity index (χ1v) is 4.81. The molecule has 0 rings (SSSR count). The van der Waals surface area contributed by atoms with Gasteiger partial charge in [0, 0.05) is 6.54 Å². The Labute approximate surface area is 71.4 Å². The predicted molar refractivity (Wildman–Crippen MR) is 50.4 cm³/mol. The third-order valence-corrected chi connectivity index (χ3v) is 2.12. The molecule has 0 heterocycles. The quantitative estimate of drug-likeness (QED) is 0.564. The van der Waals surface area contributed by atoms with Crippen LogP contribution >= 0.6 is 0 Å². The molecule has 0 spiro atoms. The molecule has 1 heteroatoms. The SMILES string of the molecule is CC(C)CCCC(C)CC[NH]. The van der Waals surface area contributed by atoms with Crippen LogP contribution < -0.4 is 5.73 Å². The van der Waals surface area contributed by atoms with E-state index in [9.17, 15) is 0 Å². The van der Waals surface area contributed by atoms with Crippen LogP contribution in [0.4, 0.5) is 0 Å². The molecule has 1 atom stereocenters. The fourth-order valence-corrected chi connectivity index (χ4v) is 1.27. The molecule has 0 aliphatic carbocycles. The molecule has 1 unspecified atom stereocenters. The van der Waals surface area contributed by atoms with Crippen LogP contribution in [-0.2, 0) is 0 Å². The van der Waals surface area contributed by atoms with Crippen molar-refractivity contribution in [3.63, 3.8) is 0 Å². The Morgan fingerprint density at radius 3 is 2.09 bits per heavy atom. The molecule has 0 amide bonds. The minimum Gasteiger partial charge on any atom is -0.258 e. The van der Waals surface area contributed by atoms with E-state index in [2.05, 4.69) is 20.8 Å². The van der Waals surface area contributed by atoms with E-state index in [1.54, 1.807) is 0 Å². The summed E-state index contributed by atoms with van der Waals surface area (Å²) in [6, 6.07) is 0. The number of hydrogen-bond donors (Lipinski definition) is 0. The van der Waals surface area contributed by atoms with Gasteiger partial charge in [-0.2, -0.15) is 0 Å². The van der Waals surface area contributed by atoms with E-state index in [1.165, 1.54) is 19.3 Å². The van der Waals surface area contributed by atoms with E-state index in [-0.39, 0.29) is 0 Å². The summed E-state index contributed by atoms with van der Waals surface area (Å²) in [5.74, 6) is 1.62. The lowest BCUT2D eigenvalue weighted by Crippen LogP contribution is -1.99. The van der Waals surface area contributed by atoms with Crippen LogP contribution in [0.5, 0.6) is 0 Å². The molecule has 0 aromatic rings. The summed E-state index contributed by atoms with van der Waals surface area (Å²) in [5.41, 5.74) is 7.05. The Kier molecular flexibility index (Phi) is 6.63. The van der Waals surface area contributed by atoms with Crippen molar-refractivity contribution in [2.45, 2.75) is 46.5 Å².